The van der Waals surface area contributed by atoms with E-state index in [9.17, 15) is 4.79 Å². The van der Waals surface area contributed by atoms with E-state index < -0.39 is 0 Å². The van der Waals surface area contributed by atoms with E-state index in [1.165, 1.54) is 5.56 Å². The summed E-state index contributed by atoms with van der Waals surface area (Å²) in [5, 5.41) is 0. The Balaban J connectivity index is 2.08. The summed E-state index contributed by atoms with van der Waals surface area (Å²) in [6.45, 7) is 4.37. The van der Waals surface area contributed by atoms with Gasteiger partial charge < -0.3 is 0 Å². The summed E-state index contributed by atoms with van der Waals surface area (Å²) in [5.41, 5.74) is 3.07. The first kappa shape index (κ1) is 14.3. The van der Waals surface area contributed by atoms with Crippen LogP contribution in [-0.4, -0.2) is 5.78 Å². The number of allylic oxidation sites excluding steroid dienone is 1. The molecule has 2 rings (SSSR count). The van der Waals surface area contributed by atoms with Crippen molar-refractivity contribution in [3.05, 3.63) is 77.4 Å². The van der Waals surface area contributed by atoms with Crippen LogP contribution in [0.4, 0.5) is 0 Å². The van der Waals surface area contributed by atoms with Gasteiger partial charge in [0.15, 0.2) is 5.78 Å². The number of carbonyl (C=O) groups is 1. The molecule has 20 heavy (non-hydrogen) atoms. The van der Waals surface area contributed by atoms with E-state index in [-0.39, 0.29) is 5.78 Å². The van der Waals surface area contributed by atoms with Gasteiger partial charge in [-0.15, -0.1) is 0 Å². The van der Waals surface area contributed by atoms with Gasteiger partial charge in [-0.2, -0.15) is 0 Å². The molecule has 1 unspecified atom stereocenters. The first-order valence-corrected chi connectivity index (χ1v) is 7.08. The van der Waals surface area contributed by atoms with Gasteiger partial charge in [-0.3, -0.25) is 4.79 Å². The van der Waals surface area contributed by atoms with Crippen molar-refractivity contribution in [1.29, 1.82) is 0 Å². The SMILES string of the molecule is CCC(C)c1ccc(C(=O)C=Cc2ccccc2)cc1. The van der Waals surface area contributed by atoms with Gasteiger partial charge in [-0.1, -0.05) is 74.5 Å². The van der Waals surface area contributed by atoms with E-state index in [1.54, 1.807) is 6.08 Å². The van der Waals surface area contributed by atoms with Crippen molar-refractivity contribution in [3.63, 3.8) is 0 Å². The lowest BCUT2D eigenvalue weighted by atomic mass is 9.97. The zero-order valence-corrected chi connectivity index (χ0v) is 12.0. The minimum atomic E-state index is 0.0459. The lowest BCUT2D eigenvalue weighted by Crippen LogP contribution is -1.96. The standard InChI is InChI=1S/C19H20O/c1-3-15(2)17-10-12-18(13-11-17)19(20)14-9-16-7-5-4-6-8-16/h4-15H,3H2,1-2H3. The molecule has 0 bridgehead atoms. The van der Waals surface area contributed by atoms with Gasteiger partial charge in [0.25, 0.3) is 0 Å². The quantitative estimate of drug-likeness (QED) is 0.542. The van der Waals surface area contributed by atoms with Gasteiger partial charge >= 0.3 is 0 Å². The lowest BCUT2D eigenvalue weighted by Gasteiger charge is -2.08. The molecule has 0 aromatic heterocycles. The summed E-state index contributed by atoms with van der Waals surface area (Å²) in [6, 6.07) is 17.8. The predicted octanol–water partition coefficient (Wildman–Crippen LogP) is 5.10. The zero-order valence-electron chi connectivity index (χ0n) is 12.0. The number of hydrogen-bond acceptors (Lipinski definition) is 1. The average molecular weight is 264 g/mol. The van der Waals surface area contributed by atoms with Crippen LogP contribution in [0.5, 0.6) is 0 Å². The fraction of sp³-hybridized carbons (Fsp3) is 0.211. The van der Waals surface area contributed by atoms with Crippen molar-refractivity contribution in [2.24, 2.45) is 0 Å². The fourth-order valence-corrected chi connectivity index (χ4v) is 2.04. The second-order valence-corrected chi connectivity index (χ2v) is 5.04. The Hall–Kier alpha value is -2.15. The van der Waals surface area contributed by atoms with Crippen LogP contribution in [-0.2, 0) is 0 Å². The Morgan fingerprint density at radius 1 is 1.05 bits per heavy atom. The van der Waals surface area contributed by atoms with Crippen LogP contribution in [0.25, 0.3) is 6.08 Å². The molecule has 1 nitrogen and oxygen atoms in total. The first-order chi connectivity index (χ1) is 9.70. The third kappa shape index (κ3) is 3.67. The Morgan fingerprint density at radius 3 is 2.30 bits per heavy atom. The molecule has 102 valence electrons. The highest BCUT2D eigenvalue weighted by Crippen LogP contribution is 2.19. The molecular weight excluding hydrogens is 244 g/mol. The van der Waals surface area contributed by atoms with Gasteiger partial charge in [-0.25, -0.2) is 0 Å². The van der Waals surface area contributed by atoms with Gasteiger partial charge in [0, 0.05) is 5.56 Å². The molecule has 2 aromatic rings. The fourth-order valence-electron chi connectivity index (χ4n) is 2.04. The molecule has 0 aliphatic heterocycles. The van der Waals surface area contributed by atoms with Crippen molar-refractivity contribution >= 4 is 11.9 Å². The molecule has 0 aliphatic rings. The summed E-state index contributed by atoms with van der Waals surface area (Å²) < 4.78 is 0. The van der Waals surface area contributed by atoms with Gasteiger partial charge in [0.1, 0.15) is 0 Å². The molecule has 0 N–H and O–H groups in total. The number of benzene rings is 2. The van der Waals surface area contributed by atoms with Gasteiger partial charge in [0.2, 0.25) is 0 Å². The van der Waals surface area contributed by atoms with Crippen molar-refractivity contribution < 1.29 is 4.79 Å². The second-order valence-electron chi connectivity index (χ2n) is 5.04. The summed E-state index contributed by atoms with van der Waals surface area (Å²) in [7, 11) is 0. The summed E-state index contributed by atoms with van der Waals surface area (Å²) in [5.74, 6) is 0.587. The highest BCUT2D eigenvalue weighted by Gasteiger charge is 2.05. The van der Waals surface area contributed by atoms with Crippen LogP contribution < -0.4 is 0 Å². The highest BCUT2D eigenvalue weighted by molar-refractivity contribution is 6.06. The van der Waals surface area contributed by atoms with Crippen LogP contribution in [0.15, 0.2) is 60.7 Å². The van der Waals surface area contributed by atoms with E-state index in [0.717, 1.165) is 17.5 Å². The normalized spacial score (nSPS) is 12.5. The van der Waals surface area contributed by atoms with Crippen LogP contribution in [0.1, 0.15) is 47.7 Å². The van der Waals surface area contributed by atoms with Gasteiger partial charge in [-0.05, 0) is 29.5 Å². The maximum Gasteiger partial charge on any atom is 0.185 e. The van der Waals surface area contributed by atoms with E-state index in [0.29, 0.717) is 5.92 Å². The number of hydrogen-bond donors (Lipinski definition) is 0. The molecule has 0 aliphatic carbocycles. The van der Waals surface area contributed by atoms with E-state index in [1.807, 2.05) is 48.5 Å². The minimum absolute atomic E-state index is 0.0459. The van der Waals surface area contributed by atoms with Crippen molar-refractivity contribution in [1.82, 2.24) is 0 Å². The molecule has 0 fully saturated rings. The van der Waals surface area contributed by atoms with Crippen LogP contribution >= 0.6 is 0 Å². The van der Waals surface area contributed by atoms with Crippen molar-refractivity contribution in [3.8, 4) is 0 Å². The average Bonchev–Trinajstić information content (AvgIpc) is 2.53. The Kier molecular flexibility index (Phi) is 4.89. The molecule has 0 spiro atoms. The minimum Gasteiger partial charge on any atom is -0.289 e. The maximum absolute atomic E-state index is 12.1. The lowest BCUT2D eigenvalue weighted by molar-refractivity contribution is 0.104. The van der Waals surface area contributed by atoms with Gasteiger partial charge in [0.05, 0.1) is 0 Å². The van der Waals surface area contributed by atoms with Crippen LogP contribution in [0.3, 0.4) is 0 Å². The molecule has 1 heteroatoms. The summed E-state index contributed by atoms with van der Waals surface area (Å²) in [6.07, 6.45) is 4.60. The Bertz CT molecular complexity index is 579. The first-order valence-electron chi connectivity index (χ1n) is 7.08. The van der Waals surface area contributed by atoms with Crippen LogP contribution in [0, 0.1) is 0 Å². The molecule has 1 atom stereocenters. The molecule has 2 aromatic carbocycles. The predicted molar refractivity (Wildman–Crippen MR) is 85.0 cm³/mol. The molecule has 0 radical (unpaired) electrons. The molecule has 0 saturated heterocycles. The van der Waals surface area contributed by atoms with E-state index in [4.69, 9.17) is 0 Å². The topological polar surface area (TPSA) is 17.1 Å². The van der Waals surface area contributed by atoms with Crippen molar-refractivity contribution in [2.45, 2.75) is 26.2 Å². The molecule has 0 amide bonds. The number of ketones is 1. The smallest absolute Gasteiger partial charge is 0.185 e. The monoisotopic (exact) mass is 264 g/mol. The molecular formula is C19H20O. The van der Waals surface area contributed by atoms with Crippen molar-refractivity contribution in [2.75, 3.05) is 0 Å². The van der Waals surface area contributed by atoms with E-state index >= 15 is 0 Å². The van der Waals surface area contributed by atoms with E-state index in [2.05, 4.69) is 26.0 Å². The molecule has 0 heterocycles. The Labute approximate surface area is 121 Å². The second kappa shape index (κ2) is 6.85. The highest BCUT2D eigenvalue weighted by atomic mass is 16.1. The third-order valence-electron chi connectivity index (χ3n) is 3.60. The zero-order chi connectivity index (χ0) is 14.4. The summed E-state index contributed by atoms with van der Waals surface area (Å²) >= 11 is 0. The molecule has 0 saturated carbocycles. The Morgan fingerprint density at radius 2 is 1.70 bits per heavy atom. The number of rotatable bonds is 5. The van der Waals surface area contributed by atoms with Crippen LogP contribution in [0.2, 0.25) is 0 Å². The number of carbonyl (C=O) groups excluding carboxylic acids is 1. The third-order valence-corrected chi connectivity index (χ3v) is 3.60. The summed E-state index contributed by atoms with van der Waals surface area (Å²) in [4.78, 5) is 12.1. The largest absolute Gasteiger partial charge is 0.289 e. The maximum atomic E-state index is 12.1.